The second kappa shape index (κ2) is 14.2. The number of hydrogen-bond donors (Lipinski definition) is 5. The molecule has 3 aromatic rings. The minimum absolute atomic E-state index is 0.0825. The SMILES string of the molecule is CNCC1OB(O)c2cc(Nc3ncc4cccc(OC5CCC(O)CC5)c4n3)ccc21.O=CCCCC(=O)O. The lowest BCUT2D eigenvalue weighted by molar-refractivity contribution is -0.137. The average Bonchev–Trinajstić information content (AvgIpc) is 3.25. The summed E-state index contributed by atoms with van der Waals surface area (Å²) < 4.78 is 11.9. The number of carboxylic acids is 1. The molecular weight excluding hydrogens is 515 g/mol. The molecule has 2 heterocycles. The molecule has 0 bridgehead atoms. The number of nitrogens with one attached hydrogen (secondary N) is 2. The maximum atomic E-state index is 10.3. The fourth-order valence-electron chi connectivity index (χ4n) is 4.80. The van der Waals surface area contributed by atoms with Crippen LogP contribution in [0.3, 0.4) is 0 Å². The lowest BCUT2D eigenvalue weighted by atomic mass is 9.79. The number of carboxylic acid groups (broad SMARTS) is 1. The Kier molecular flexibility index (Phi) is 10.4. The van der Waals surface area contributed by atoms with Gasteiger partial charge in [-0.15, -0.1) is 0 Å². The molecule has 1 fully saturated rings. The molecule has 1 saturated carbocycles. The second-order valence-corrected chi connectivity index (χ2v) is 9.89. The first-order valence-corrected chi connectivity index (χ1v) is 13.5. The Hall–Kier alpha value is -3.58. The van der Waals surface area contributed by atoms with E-state index in [9.17, 15) is 19.7 Å². The molecule has 0 amide bonds. The van der Waals surface area contributed by atoms with Crippen molar-refractivity contribution < 1.29 is 34.2 Å². The number of aliphatic carboxylic acids is 1. The first-order valence-electron chi connectivity index (χ1n) is 13.5. The number of likely N-dealkylation sites (N-methyl/N-ethyl adjacent to an activating group) is 1. The van der Waals surface area contributed by atoms with Crippen molar-refractivity contribution in [2.45, 2.75) is 63.3 Å². The quantitative estimate of drug-likeness (QED) is 0.143. The van der Waals surface area contributed by atoms with E-state index in [1.807, 2.05) is 43.4 Å². The summed E-state index contributed by atoms with van der Waals surface area (Å²) >= 11 is 0. The summed E-state index contributed by atoms with van der Waals surface area (Å²) in [4.78, 5) is 28.5. The number of para-hydroxylation sites is 1. The Morgan fingerprint density at radius 1 is 1.23 bits per heavy atom. The molecule has 0 radical (unpaired) electrons. The first-order chi connectivity index (χ1) is 19.4. The number of carbonyl (C=O) groups excluding carboxylic acids is 1. The summed E-state index contributed by atoms with van der Waals surface area (Å²) in [7, 11) is 0.910. The summed E-state index contributed by atoms with van der Waals surface area (Å²) in [6.07, 6.45) is 6.30. The normalized spacial score (nSPS) is 19.9. The zero-order chi connectivity index (χ0) is 28.5. The molecule has 1 aliphatic carbocycles. The highest BCUT2D eigenvalue weighted by Gasteiger charge is 2.34. The number of ether oxygens (including phenoxy) is 1. The van der Waals surface area contributed by atoms with Crippen LogP contribution in [0.2, 0.25) is 0 Å². The van der Waals surface area contributed by atoms with Gasteiger partial charge in [0.1, 0.15) is 17.6 Å². The van der Waals surface area contributed by atoms with Crippen molar-refractivity contribution in [3.63, 3.8) is 0 Å². The molecule has 0 spiro atoms. The molecule has 1 unspecified atom stereocenters. The summed E-state index contributed by atoms with van der Waals surface area (Å²) in [5.74, 6) is 0.335. The summed E-state index contributed by atoms with van der Waals surface area (Å²) in [6.45, 7) is 0.632. The fraction of sp³-hybridized carbons (Fsp3) is 0.429. The molecule has 212 valence electrons. The molecule has 12 heteroatoms. The molecule has 2 aromatic carbocycles. The number of aldehydes is 1. The molecule has 1 atom stereocenters. The standard InChI is InChI=1S/C23H27BN4O4.C5H8O3/c1-25-13-21-18-10-5-15(11-19(18)24(30)32-21)27-23-26-12-14-3-2-4-20(22(14)28-23)31-17-8-6-16(29)7-9-17;6-4-2-1-3-5(7)8/h2-5,10-12,16-17,21,25,29-30H,6-9,13H2,1H3,(H,26,27,28);4H,1-3H2,(H,7,8). The van der Waals surface area contributed by atoms with Crippen molar-refractivity contribution in [2.24, 2.45) is 0 Å². The van der Waals surface area contributed by atoms with E-state index in [1.54, 1.807) is 6.20 Å². The molecule has 40 heavy (non-hydrogen) atoms. The average molecular weight is 550 g/mol. The van der Waals surface area contributed by atoms with Gasteiger partial charge in [0.05, 0.1) is 18.3 Å². The van der Waals surface area contributed by atoms with Crippen molar-refractivity contribution in [3.8, 4) is 5.75 Å². The predicted molar refractivity (Wildman–Crippen MR) is 151 cm³/mol. The largest absolute Gasteiger partial charge is 0.492 e. The van der Waals surface area contributed by atoms with Gasteiger partial charge in [0.25, 0.3) is 0 Å². The van der Waals surface area contributed by atoms with E-state index in [0.717, 1.165) is 65.3 Å². The number of aliphatic hydroxyl groups excluding tert-OH is 1. The number of fused-ring (bicyclic) bond motifs is 2. The lowest BCUT2D eigenvalue weighted by Crippen LogP contribution is -2.28. The molecule has 2 aliphatic rings. The van der Waals surface area contributed by atoms with Crippen LogP contribution in [0.25, 0.3) is 10.9 Å². The van der Waals surface area contributed by atoms with E-state index < -0.39 is 13.1 Å². The van der Waals surface area contributed by atoms with Gasteiger partial charge in [0, 0.05) is 36.7 Å². The summed E-state index contributed by atoms with van der Waals surface area (Å²) in [5, 5.41) is 35.3. The van der Waals surface area contributed by atoms with E-state index in [-0.39, 0.29) is 24.7 Å². The molecule has 1 aromatic heterocycles. The molecule has 0 saturated heterocycles. The number of carbonyl (C=O) groups is 2. The maximum Gasteiger partial charge on any atom is 0.492 e. The van der Waals surface area contributed by atoms with Crippen molar-refractivity contribution in [1.29, 1.82) is 0 Å². The van der Waals surface area contributed by atoms with Gasteiger partial charge in [-0.1, -0.05) is 18.2 Å². The van der Waals surface area contributed by atoms with Gasteiger partial charge in [-0.2, -0.15) is 0 Å². The third kappa shape index (κ3) is 7.75. The van der Waals surface area contributed by atoms with Gasteiger partial charge < -0.3 is 40.1 Å². The number of aromatic nitrogens is 2. The van der Waals surface area contributed by atoms with Gasteiger partial charge >= 0.3 is 13.1 Å². The van der Waals surface area contributed by atoms with Crippen LogP contribution in [0.4, 0.5) is 11.6 Å². The Labute approximate surface area is 233 Å². The van der Waals surface area contributed by atoms with Crippen molar-refractivity contribution >= 4 is 47.4 Å². The maximum absolute atomic E-state index is 10.3. The topological polar surface area (TPSA) is 163 Å². The van der Waals surface area contributed by atoms with Crippen LogP contribution in [-0.2, 0) is 14.2 Å². The zero-order valence-electron chi connectivity index (χ0n) is 22.5. The minimum Gasteiger partial charge on any atom is -0.488 e. The highest BCUT2D eigenvalue weighted by molar-refractivity contribution is 6.61. The van der Waals surface area contributed by atoms with Gasteiger partial charge in [0.15, 0.2) is 0 Å². The summed E-state index contributed by atoms with van der Waals surface area (Å²) in [5.41, 5.74) is 3.25. The zero-order valence-corrected chi connectivity index (χ0v) is 22.5. The Bertz CT molecular complexity index is 1300. The minimum atomic E-state index is -0.948. The van der Waals surface area contributed by atoms with E-state index in [1.165, 1.54) is 0 Å². The summed E-state index contributed by atoms with van der Waals surface area (Å²) in [6, 6.07) is 11.6. The first kappa shape index (κ1) is 29.4. The van der Waals surface area contributed by atoms with Crippen LogP contribution in [-0.4, -0.2) is 70.4 Å². The number of anilines is 2. The van der Waals surface area contributed by atoms with E-state index in [2.05, 4.69) is 15.6 Å². The van der Waals surface area contributed by atoms with Crippen molar-refractivity contribution in [1.82, 2.24) is 15.3 Å². The van der Waals surface area contributed by atoms with Crippen LogP contribution in [0, 0.1) is 0 Å². The van der Waals surface area contributed by atoms with E-state index in [0.29, 0.717) is 25.3 Å². The number of benzene rings is 2. The number of rotatable bonds is 10. The number of nitrogens with zero attached hydrogens (tertiary/aromatic N) is 2. The third-order valence-corrected chi connectivity index (χ3v) is 6.86. The van der Waals surface area contributed by atoms with Gasteiger partial charge in [-0.3, -0.25) is 4.79 Å². The number of hydrogen-bond acceptors (Lipinski definition) is 10. The third-order valence-electron chi connectivity index (χ3n) is 6.86. The predicted octanol–water partition coefficient (Wildman–Crippen LogP) is 2.47. The van der Waals surface area contributed by atoms with Crippen molar-refractivity contribution in [3.05, 3.63) is 48.2 Å². The van der Waals surface area contributed by atoms with Gasteiger partial charge in [-0.05, 0) is 68.4 Å². The highest BCUT2D eigenvalue weighted by Crippen LogP contribution is 2.30. The smallest absolute Gasteiger partial charge is 0.488 e. The van der Waals surface area contributed by atoms with Crippen LogP contribution in [0.15, 0.2) is 42.6 Å². The van der Waals surface area contributed by atoms with Gasteiger partial charge in [-0.25, -0.2) is 9.97 Å². The highest BCUT2D eigenvalue weighted by atomic mass is 16.5. The fourth-order valence-corrected chi connectivity index (χ4v) is 4.80. The van der Waals surface area contributed by atoms with Gasteiger partial charge in [0.2, 0.25) is 5.95 Å². The lowest BCUT2D eigenvalue weighted by Gasteiger charge is -2.26. The molecule has 5 N–H and O–H groups in total. The number of aliphatic hydroxyl groups is 1. The second-order valence-electron chi connectivity index (χ2n) is 9.89. The monoisotopic (exact) mass is 550 g/mol. The number of unbranched alkanes of at least 4 members (excludes halogenated alkanes) is 1. The van der Waals surface area contributed by atoms with Crippen LogP contribution < -0.4 is 20.8 Å². The Balaban J connectivity index is 0.000000406. The molecular formula is C28H35BN4O7. The Morgan fingerprint density at radius 3 is 2.75 bits per heavy atom. The van der Waals surface area contributed by atoms with E-state index in [4.69, 9.17) is 19.5 Å². The van der Waals surface area contributed by atoms with Crippen molar-refractivity contribution in [2.75, 3.05) is 18.9 Å². The molecule has 5 rings (SSSR count). The van der Waals surface area contributed by atoms with Crippen LogP contribution in [0.1, 0.15) is 56.6 Å². The van der Waals surface area contributed by atoms with Crippen LogP contribution >= 0.6 is 0 Å². The molecule has 11 nitrogen and oxygen atoms in total. The Morgan fingerprint density at radius 2 is 2.02 bits per heavy atom. The van der Waals surface area contributed by atoms with E-state index >= 15 is 0 Å². The van der Waals surface area contributed by atoms with Crippen LogP contribution in [0.5, 0.6) is 5.75 Å². The molecule has 1 aliphatic heterocycles.